The average Bonchev–Trinajstić information content (AvgIpc) is 2.28. The van der Waals surface area contributed by atoms with E-state index in [0.29, 0.717) is 10.0 Å². The summed E-state index contributed by atoms with van der Waals surface area (Å²) in [7, 11) is 0. The lowest BCUT2D eigenvalue weighted by molar-refractivity contribution is 0.621. The summed E-state index contributed by atoms with van der Waals surface area (Å²) < 4.78 is 14.9. The summed E-state index contributed by atoms with van der Waals surface area (Å²) in [6.07, 6.45) is 0. The first-order valence-electron chi connectivity index (χ1n) is 4.91. The van der Waals surface area contributed by atoms with E-state index in [2.05, 4.69) is 20.9 Å². The highest BCUT2D eigenvalue weighted by molar-refractivity contribution is 9.10. The third kappa shape index (κ3) is 2.70. The quantitative estimate of drug-likeness (QED) is 0.856. The summed E-state index contributed by atoms with van der Waals surface area (Å²) in [5.41, 5.74) is -0.658. The van der Waals surface area contributed by atoms with Gasteiger partial charge in [-0.15, -0.1) is 0 Å². The molecular formula is C11H7BrClFN2O2. The maximum Gasteiger partial charge on any atom is 0.329 e. The standard InChI is InChI=1S/C11H7BrClFN2O2/c12-8-2-1-7(14)3-6(8)5-16-9(13)4-10(17)15-11(16)18/h1-4H,5H2,(H,15,17,18). The van der Waals surface area contributed by atoms with Gasteiger partial charge in [0.15, 0.2) is 0 Å². The highest BCUT2D eigenvalue weighted by atomic mass is 79.9. The molecule has 0 amide bonds. The van der Waals surface area contributed by atoms with Crippen LogP contribution in [0.4, 0.5) is 4.39 Å². The predicted octanol–water partition coefficient (Wildman–Crippen LogP) is 2.14. The van der Waals surface area contributed by atoms with Gasteiger partial charge in [0.25, 0.3) is 5.56 Å². The van der Waals surface area contributed by atoms with Crippen molar-refractivity contribution in [3.8, 4) is 0 Å². The molecule has 4 nitrogen and oxygen atoms in total. The van der Waals surface area contributed by atoms with E-state index in [1.54, 1.807) is 0 Å². The minimum atomic E-state index is -0.635. The molecule has 7 heteroatoms. The minimum Gasteiger partial charge on any atom is -0.279 e. The molecule has 18 heavy (non-hydrogen) atoms. The lowest BCUT2D eigenvalue weighted by Crippen LogP contribution is -2.30. The number of halogens is 3. The smallest absolute Gasteiger partial charge is 0.279 e. The van der Waals surface area contributed by atoms with Crippen LogP contribution in [0.1, 0.15) is 5.56 Å². The van der Waals surface area contributed by atoms with Crippen molar-refractivity contribution in [3.63, 3.8) is 0 Å². The zero-order chi connectivity index (χ0) is 13.3. The van der Waals surface area contributed by atoms with Crippen LogP contribution in [0.3, 0.4) is 0 Å². The van der Waals surface area contributed by atoms with Gasteiger partial charge in [0.2, 0.25) is 0 Å². The number of H-pyrrole nitrogens is 1. The third-order valence-corrected chi connectivity index (χ3v) is 3.41. The van der Waals surface area contributed by atoms with Crippen molar-refractivity contribution >= 4 is 27.5 Å². The van der Waals surface area contributed by atoms with E-state index < -0.39 is 17.1 Å². The molecule has 0 unspecified atom stereocenters. The fourth-order valence-corrected chi connectivity index (χ4v) is 2.08. The number of hydrogen-bond acceptors (Lipinski definition) is 2. The van der Waals surface area contributed by atoms with Crippen molar-refractivity contribution in [1.29, 1.82) is 0 Å². The molecule has 0 saturated heterocycles. The van der Waals surface area contributed by atoms with Crippen molar-refractivity contribution in [3.05, 3.63) is 66.1 Å². The van der Waals surface area contributed by atoms with E-state index in [9.17, 15) is 14.0 Å². The Balaban J connectivity index is 2.49. The van der Waals surface area contributed by atoms with E-state index in [4.69, 9.17) is 11.6 Å². The van der Waals surface area contributed by atoms with Crippen LogP contribution in [0.5, 0.6) is 0 Å². The summed E-state index contributed by atoms with van der Waals surface area (Å²) in [5, 5.41) is -0.0000822. The lowest BCUT2D eigenvalue weighted by atomic mass is 10.2. The summed E-state index contributed by atoms with van der Waals surface area (Å²) in [5.74, 6) is -0.415. The molecule has 0 spiro atoms. The van der Waals surface area contributed by atoms with Crippen LogP contribution >= 0.6 is 27.5 Å². The van der Waals surface area contributed by atoms with Crippen LogP contribution in [0.2, 0.25) is 5.15 Å². The maximum absolute atomic E-state index is 13.1. The summed E-state index contributed by atoms with van der Waals surface area (Å²) >= 11 is 9.07. The Morgan fingerprint density at radius 3 is 2.72 bits per heavy atom. The second kappa shape index (κ2) is 5.07. The maximum atomic E-state index is 13.1. The molecule has 1 heterocycles. The first-order valence-corrected chi connectivity index (χ1v) is 6.08. The Morgan fingerprint density at radius 1 is 1.33 bits per heavy atom. The van der Waals surface area contributed by atoms with Crippen molar-refractivity contribution in [2.24, 2.45) is 0 Å². The number of nitrogens with one attached hydrogen (secondary N) is 1. The SMILES string of the molecule is O=c1cc(Cl)n(Cc2cc(F)ccc2Br)c(=O)[nH]1. The first-order chi connectivity index (χ1) is 8.47. The number of rotatable bonds is 2. The van der Waals surface area contributed by atoms with Gasteiger partial charge < -0.3 is 0 Å². The largest absolute Gasteiger partial charge is 0.329 e. The number of aromatic amines is 1. The fourth-order valence-electron chi connectivity index (χ4n) is 1.47. The molecule has 0 aliphatic rings. The number of hydrogen-bond donors (Lipinski definition) is 1. The van der Waals surface area contributed by atoms with Crippen molar-refractivity contribution in [2.45, 2.75) is 6.54 Å². The highest BCUT2D eigenvalue weighted by Gasteiger charge is 2.08. The van der Waals surface area contributed by atoms with Gasteiger partial charge in [-0.05, 0) is 23.8 Å². The second-order valence-electron chi connectivity index (χ2n) is 3.58. The van der Waals surface area contributed by atoms with E-state index in [-0.39, 0.29) is 11.7 Å². The Hall–Kier alpha value is -1.40. The van der Waals surface area contributed by atoms with Gasteiger partial charge in [-0.2, -0.15) is 0 Å². The Labute approximate surface area is 114 Å². The van der Waals surface area contributed by atoms with Crippen LogP contribution in [0.25, 0.3) is 0 Å². The zero-order valence-electron chi connectivity index (χ0n) is 8.91. The monoisotopic (exact) mass is 332 g/mol. The van der Waals surface area contributed by atoms with E-state index in [0.717, 1.165) is 10.6 Å². The number of nitrogens with zero attached hydrogens (tertiary/aromatic N) is 1. The summed E-state index contributed by atoms with van der Waals surface area (Å²) in [6, 6.07) is 5.22. The molecule has 0 radical (unpaired) electrons. The second-order valence-corrected chi connectivity index (χ2v) is 4.82. The van der Waals surface area contributed by atoms with Crippen LogP contribution in [0.15, 0.2) is 38.3 Å². The number of benzene rings is 1. The van der Waals surface area contributed by atoms with Gasteiger partial charge in [0.05, 0.1) is 6.54 Å². The summed E-state index contributed by atoms with van der Waals surface area (Å²) in [4.78, 5) is 24.7. The van der Waals surface area contributed by atoms with Gasteiger partial charge in [0.1, 0.15) is 11.0 Å². The van der Waals surface area contributed by atoms with Gasteiger partial charge in [-0.1, -0.05) is 27.5 Å². The first kappa shape index (κ1) is 13.0. The summed E-state index contributed by atoms with van der Waals surface area (Å²) in [6.45, 7) is 0.0623. The zero-order valence-corrected chi connectivity index (χ0v) is 11.3. The van der Waals surface area contributed by atoms with Gasteiger partial charge in [0, 0.05) is 10.5 Å². The van der Waals surface area contributed by atoms with E-state index in [1.165, 1.54) is 18.2 Å². The van der Waals surface area contributed by atoms with Crippen molar-refractivity contribution in [2.75, 3.05) is 0 Å². The van der Waals surface area contributed by atoms with Crippen LogP contribution in [-0.4, -0.2) is 9.55 Å². The van der Waals surface area contributed by atoms with E-state index in [1.807, 2.05) is 0 Å². The average molecular weight is 334 g/mol. The topological polar surface area (TPSA) is 54.9 Å². The predicted molar refractivity (Wildman–Crippen MR) is 69.5 cm³/mol. The third-order valence-electron chi connectivity index (χ3n) is 2.32. The van der Waals surface area contributed by atoms with Gasteiger partial charge in [-0.25, -0.2) is 9.18 Å². The van der Waals surface area contributed by atoms with E-state index >= 15 is 0 Å². The molecule has 2 aromatic rings. The molecule has 2 rings (SSSR count). The van der Waals surface area contributed by atoms with Crippen LogP contribution in [0, 0.1) is 5.82 Å². The van der Waals surface area contributed by atoms with Crippen molar-refractivity contribution in [1.82, 2.24) is 9.55 Å². The fraction of sp³-hybridized carbons (Fsp3) is 0.0909. The molecule has 1 aromatic carbocycles. The molecule has 0 fully saturated rings. The molecule has 0 bridgehead atoms. The van der Waals surface area contributed by atoms with Crippen LogP contribution < -0.4 is 11.2 Å². The highest BCUT2D eigenvalue weighted by Crippen LogP contribution is 2.19. The molecule has 0 atom stereocenters. The van der Waals surface area contributed by atoms with Gasteiger partial charge in [-0.3, -0.25) is 14.3 Å². The molecule has 0 saturated carbocycles. The Kier molecular flexibility index (Phi) is 3.68. The molecule has 1 aromatic heterocycles. The minimum absolute atomic E-state index is 0.0000822. The molecule has 94 valence electrons. The number of aromatic nitrogens is 2. The lowest BCUT2D eigenvalue weighted by Gasteiger charge is -2.09. The van der Waals surface area contributed by atoms with Crippen molar-refractivity contribution < 1.29 is 4.39 Å². The molecular weight excluding hydrogens is 326 g/mol. The Morgan fingerprint density at radius 2 is 2.06 bits per heavy atom. The molecule has 1 N–H and O–H groups in total. The van der Waals surface area contributed by atoms with Gasteiger partial charge >= 0.3 is 5.69 Å². The molecule has 0 aliphatic heterocycles. The molecule has 0 aliphatic carbocycles. The Bertz CT molecular complexity index is 711. The normalized spacial score (nSPS) is 10.6. The van der Waals surface area contributed by atoms with Crippen LogP contribution in [-0.2, 0) is 6.54 Å².